The smallest absolute Gasteiger partial charge is 0.271 e. The first-order chi connectivity index (χ1) is 11.7. The van der Waals surface area contributed by atoms with Gasteiger partial charge in [0.05, 0.1) is 11.4 Å². The van der Waals surface area contributed by atoms with Gasteiger partial charge in [-0.2, -0.15) is 0 Å². The molecule has 0 atom stereocenters. The van der Waals surface area contributed by atoms with Crippen LogP contribution >= 0.6 is 22.7 Å². The molecule has 0 fully saturated rings. The quantitative estimate of drug-likeness (QED) is 0.592. The molecule has 3 aromatic heterocycles. The minimum atomic E-state index is -0.142. The summed E-state index contributed by atoms with van der Waals surface area (Å²) < 4.78 is 1.92. The van der Waals surface area contributed by atoms with E-state index >= 15 is 0 Å². The second-order valence-corrected chi connectivity index (χ2v) is 7.58. The molecule has 0 aliphatic carbocycles. The van der Waals surface area contributed by atoms with E-state index in [2.05, 4.69) is 41.5 Å². The Morgan fingerprint density at radius 3 is 2.75 bits per heavy atom. The van der Waals surface area contributed by atoms with E-state index in [9.17, 15) is 4.79 Å². The van der Waals surface area contributed by atoms with Gasteiger partial charge in [0.2, 0.25) is 0 Å². The van der Waals surface area contributed by atoms with Gasteiger partial charge in [0.15, 0.2) is 4.96 Å². The van der Waals surface area contributed by atoms with Crippen molar-refractivity contribution in [3.8, 4) is 10.4 Å². The van der Waals surface area contributed by atoms with Crippen LogP contribution in [0, 0.1) is 6.92 Å². The van der Waals surface area contributed by atoms with Gasteiger partial charge in [0, 0.05) is 17.3 Å². The molecule has 0 unspecified atom stereocenters. The fourth-order valence-electron chi connectivity index (χ4n) is 2.43. The molecule has 24 heavy (non-hydrogen) atoms. The van der Waals surface area contributed by atoms with Crippen molar-refractivity contribution in [1.82, 2.24) is 14.7 Å². The maximum Gasteiger partial charge on any atom is 0.271 e. The average Bonchev–Trinajstić information content (AvgIpc) is 3.29. The highest BCUT2D eigenvalue weighted by Gasteiger charge is 2.13. The number of benzene rings is 1. The maximum absolute atomic E-state index is 12.2. The normalized spacial score (nSPS) is 11.0. The van der Waals surface area contributed by atoms with Crippen LogP contribution in [0.4, 0.5) is 0 Å². The first-order valence-corrected chi connectivity index (χ1v) is 9.25. The summed E-state index contributed by atoms with van der Waals surface area (Å²) in [5.41, 5.74) is 2.86. The number of thiophene rings is 1. The standard InChI is InChI=1S/C18H15N3OS2/c1-12-4-6-13(7-5-12)16-11-21-10-15(20-18(21)24-16)17(22)19-9-14-3-2-8-23-14/h2-8,10-11H,9H2,1H3,(H,19,22). The van der Waals surface area contributed by atoms with Crippen molar-refractivity contribution < 1.29 is 4.79 Å². The molecule has 0 saturated carbocycles. The molecule has 1 N–H and O–H groups in total. The lowest BCUT2D eigenvalue weighted by Crippen LogP contribution is -2.22. The summed E-state index contributed by atoms with van der Waals surface area (Å²) in [6.45, 7) is 2.61. The molecule has 4 aromatic rings. The SMILES string of the molecule is Cc1ccc(-c2cn3cc(C(=O)NCc4cccs4)nc3s2)cc1. The fraction of sp³-hybridized carbons (Fsp3) is 0.111. The number of carbonyl (C=O) groups is 1. The molecule has 1 amide bonds. The van der Waals surface area contributed by atoms with E-state index in [0.717, 1.165) is 14.7 Å². The Hall–Kier alpha value is -2.44. The van der Waals surface area contributed by atoms with Gasteiger partial charge >= 0.3 is 0 Å². The van der Waals surface area contributed by atoms with E-state index in [1.165, 1.54) is 11.1 Å². The molecule has 0 radical (unpaired) electrons. The third-order valence-electron chi connectivity index (χ3n) is 3.73. The van der Waals surface area contributed by atoms with Crippen molar-refractivity contribution in [2.24, 2.45) is 0 Å². The number of amides is 1. The van der Waals surface area contributed by atoms with E-state index in [-0.39, 0.29) is 5.91 Å². The molecule has 0 aliphatic rings. The third-order valence-corrected chi connectivity index (χ3v) is 5.65. The van der Waals surface area contributed by atoms with Gasteiger partial charge in [0.25, 0.3) is 5.91 Å². The van der Waals surface area contributed by atoms with Gasteiger partial charge in [-0.25, -0.2) is 4.98 Å². The molecule has 0 saturated heterocycles. The Labute approximate surface area is 147 Å². The Balaban J connectivity index is 1.52. The van der Waals surface area contributed by atoms with E-state index in [0.29, 0.717) is 12.2 Å². The average molecular weight is 353 g/mol. The zero-order valence-electron chi connectivity index (χ0n) is 13.0. The molecular formula is C18H15N3OS2. The molecule has 4 nitrogen and oxygen atoms in total. The lowest BCUT2D eigenvalue weighted by atomic mass is 10.1. The Kier molecular flexibility index (Phi) is 3.92. The molecule has 120 valence electrons. The fourth-order valence-corrected chi connectivity index (χ4v) is 4.04. The summed E-state index contributed by atoms with van der Waals surface area (Å²) >= 11 is 3.21. The third kappa shape index (κ3) is 2.98. The summed E-state index contributed by atoms with van der Waals surface area (Å²) in [5, 5.41) is 4.91. The summed E-state index contributed by atoms with van der Waals surface area (Å²) in [5.74, 6) is -0.142. The summed E-state index contributed by atoms with van der Waals surface area (Å²) in [4.78, 5) is 19.8. The number of rotatable bonds is 4. The number of thiazole rings is 1. The van der Waals surface area contributed by atoms with Crippen LogP contribution in [0.3, 0.4) is 0 Å². The molecular weight excluding hydrogens is 338 g/mol. The highest BCUT2D eigenvalue weighted by Crippen LogP contribution is 2.28. The van der Waals surface area contributed by atoms with E-state index in [1.54, 1.807) is 28.9 Å². The molecule has 0 aliphatic heterocycles. The van der Waals surface area contributed by atoms with Gasteiger partial charge in [-0.3, -0.25) is 9.20 Å². The van der Waals surface area contributed by atoms with Crippen molar-refractivity contribution in [3.63, 3.8) is 0 Å². The largest absolute Gasteiger partial charge is 0.346 e. The monoisotopic (exact) mass is 353 g/mol. The Bertz CT molecular complexity index is 950. The number of fused-ring (bicyclic) bond motifs is 1. The van der Waals surface area contributed by atoms with Gasteiger partial charge in [-0.1, -0.05) is 47.2 Å². The van der Waals surface area contributed by atoms with E-state index in [4.69, 9.17) is 0 Å². The van der Waals surface area contributed by atoms with Crippen LogP contribution in [-0.2, 0) is 6.54 Å². The molecule has 3 heterocycles. The minimum Gasteiger partial charge on any atom is -0.346 e. The van der Waals surface area contributed by atoms with Crippen LogP contribution in [0.2, 0.25) is 0 Å². The lowest BCUT2D eigenvalue weighted by molar-refractivity contribution is 0.0947. The summed E-state index contributed by atoms with van der Waals surface area (Å²) in [6, 6.07) is 12.4. The van der Waals surface area contributed by atoms with Crippen molar-refractivity contribution in [1.29, 1.82) is 0 Å². The van der Waals surface area contributed by atoms with Crippen LogP contribution in [-0.4, -0.2) is 15.3 Å². The number of nitrogens with one attached hydrogen (secondary N) is 1. The second kappa shape index (κ2) is 6.22. The van der Waals surface area contributed by atoms with Crippen LogP contribution in [0.1, 0.15) is 20.9 Å². The van der Waals surface area contributed by atoms with Crippen LogP contribution in [0.5, 0.6) is 0 Å². The van der Waals surface area contributed by atoms with Crippen molar-refractivity contribution in [2.45, 2.75) is 13.5 Å². The number of imidazole rings is 1. The predicted octanol–water partition coefficient (Wildman–Crippen LogP) is 4.36. The van der Waals surface area contributed by atoms with E-state index < -0.39 is 0 Å². The van der Waals surface area contributed by atoms with Crippen molar-refractivity contribution >= 4 is 33.5 Å². The molecule has 1 aromatic carbocycles. The lowest BCUT2D eigenvalue weighted by Gasteiger charge is -2.00. The first-order valence-electron chi connectivity index (χ1n) is 7.55. The zero-order chi connectivity index (χ0) is 16.5. The number of nitrogens with zero attached hydrogens (tertiary/aromatic N) is 2. The zero-order valence-corrected chi connectivity index (χ0v) is 14.7. The number of aromatic nitrogens is 2. The topological polar surface area (TPSA) is 46.4 Å². The molecule has 6 heteroatoms. The molecule has 0 bridgehead atoms. The van der Waals surface area contributed by atoms with E-state index in [1.807, 2.05) is 28.1 Å². The van der Waals surface area contributed by atoms with Crippen LogP contribution in [0.25, 0.3) is 15.4 Å². The second-order valence-electron chi connectivity index (χ2n) is 5.54. The van der Waals surface area contributed by atoms with Gasteiger partial charge in [-0.05, 0) is 23.9 Å². The molecule has 0 spiro atoms. The first kappa shape index (κ1) is 15.1. The number of hydrogen-bond donors (Lipinski definition) is 1. The summed E-state index contributed by atoms with van der Waals surface area (Å²) in [6.07, 6.45) is 3.81. The number of carbonyl (C=O) groups excluding carboxylic acids is 1. The van der Waals surface area contributed by atoms with Gasteiger partial charge in [0.1, 0.15) is 5.69 Å². The molecule has 4 rings (SSSR count). The highest BCUT2D eigenvalue weighted by atomic mass is 32.1. The van der Waals surface area contributed by atoms with Crippen LogP contribution in [0.15, 0.2) is 54.2 Å². The highest BCUT2D eigenvalue weighted by molar-refractivity contribution is 7.20. The van der Waals surface area contributed by atoms with Gasteiger partial charge in [-0.15, -0.1) is 11.3 Å². The Morgan fingerprint density at radius 1 is 1.21 bits per heavy atom. The van der Waals surface area contributed by atoms with Gasteiger partial charge < -0.3 is 5.32 Å². The Morgan fingerprint density at radius 2 is 2.04 bits per heavy atom. The van der Waals surface area contributed by atoms with Crippen molar-refractivity contribution in [3.05, 3.63) is 70.3 Å². The number of aryl methyl sites for hydroxylation is 1. The predicted molar refractivity (Wildman–Crippen MR) is 98.7 cm³/mol. The summed E-state index contributed by atoms with van der Waals surface area (Å²) in [7, 11) is 0. The minimum absolute atomic E-state index is 0.142. The van der Waals surface area contributed by atoms with Crippen molar-refractivity contribution in [2.75, 3.05) is 0 Å². The van der Waals surface area contributed by atoms with Crippen LogP contribution < -0.4 is 5.32 Å². The maximum atomic E-state index is 12.2. The number of hydrogen-bond acceptors (Lipinski definition) is 4.